The summed E-state index contributed by atoms with van der Waals surface area (Å²) >= 11 is 7.48. The molecule has 0 atom stereocenters. The fraction of sp³-hybridized carbons (Fsp3) is 0.556. The zero-order valence-electron chi connectivity index (χ0n) is 24.0. The maximum atomic E-state index is 6.62. The average Bonchev–Trinajstić information content (AvgIpc) is 2.97. The minimum Gasteiger partial charge on any atom is -0.440 e. The highest BCUT2D eigenvalue weighted by atomic mass is 79.9. The molecule has 0 bridgehead atoms. The van der Waals surface area contributed by atoms with E-state index in [1.165, 1.54) is 22.3 Å². The minimum absolute atomic E-state index is 0.00623. The van der Waals surface area contributed by atoms with Crippen molar-refractivity contribution in [3.63, 3.8) is 0 Å². The molecule has 0 saturated carbocycles. The molecule has 2 aromatic carbocycles. The van der Waals surface area contributed by atoms with Gasteiger partial charge >= 0.3 is 25.7 Å². The van der Waals surface area contributed by atoms with E-state index in [0.29, 0.717) is 6.61 Å². The zero-order valence-corrected chi connectivity index (χ0v) is 31.3. The van der Waals surface area contributed by atoms with Crippen LogP contribution in [0.4, 0.5) is 0 Å². The lowest BCUT2D eigenvalue weighted by Crippen LogP contribution is -2.55. The van der Waals surface area contributed by atoms with Gasteiger partial charge in [0.05, 0.1) is 0 Å². The van der Waals surface area contributed by atoms with Gasteiger partial charge in [0, 0.05) is 21.0 Å². The van der Waals surface area contributed by atoms with Gasteiger partial charge in [0.25, 0.3) is 0 Å². The average molecular weight is 705 g/mol. The molecule has 37 heavy (non-hydrogen) atoms. The van der Waals surface area contributed by atoms with Crippen molar-refractivity contribution in [1.29, 1.82) is 0 Å². The topological polar surface area (TPSA) is 36.9 Å². The van der Waals surface area contributed by atoms with E-state index in [2.05, 4.69) is 128 Å². The van der Waals surface area contributed by atoms with Gasteiger partial charge in [0.1, 0.15) is 0 Å². The van der Waals surface area contributed by atoms with Crippen molar-refractivity contribution in [2.75, 3.05) is 6.61 Å². The van der Waals surface area contributed by atoms with Crippen LogP contribution in [0.1, 0.15) is 43.7 Å². The Bertz CT molecular complexity index is 1040. The number of hydrogen-bond acceptors (Lipinski definition) is 4. The molecule has 0 unspecified atom stereocenters. The molecule has 0 saturated heterocycles. The zero-order chi connectivity index (χ0) is 27.6. The maximum absolute atomic E-state index is 6.62. The number of halogens is 2. The summed E-state index contributed by atoms with van der Waals surface area (Å²) in [6, 6.07) is 13.5. The summed E-state index contributed by atoms with van der Waals surface area (Å²) in [6.45, 7) is 20.2. The number of hydrogen-bond donors (Lipinski definition) is 0. The Kier molecular flexibility index (Phi) is 10.5. The Morgan fingerprint density at radius 2 is 1.27 bits per heavy atom. The van der Waals surface area contributed by atoms with Crippen LogP contribution in [0.15, 0.2) is 45.3 Å². The highest BCUT2D eigenvalue weighted by molar-refractivity contribution is 9.10. The summed E-state index contributed by atoms with van der Waals surface area (Å²) in [6.07, 6.45) is 4.26. The normalized spacial score (nSPS) is 15.2. The SMILES string of the molecule is CCCC1(CCCO[Si](C)(C)O[Si](C)(C)O[Si](C)(C)O[SiH](C)C)c2cc(Br)ccc2-c2ccc(Br)cc21. The molecule has 0 aromatic heterocycles. The Labute approximate surface area is 246 Å². The molecule has 0 fully saturated rings. The van der Waals surface area contributed by atoms with Crippen LogP contribution in [0.2, 0.25) is 52.4 Å². The van der Waals surface area contributed by atoms with Crippen molar-refractivity contribution in [3.05, 3.63) is 56.5 Å². The summed E-state index contributed by atoms with van der Waals surface area (Å²) in [4.78, 5) is 0. The van der Waals surface area contributed by atoms with Crippen LogP contribution in [0, 0.1) is 0 Å². The van der Waals surface area contributed by atoms with Crippen LogP contribution in [0.25, 0.3) is 11.1 Å². The van der Waals surface area contributed by atoms with Crippen molar-refractivity contribution >= 4 is 66.6 Å². The fourth-order valence-electron chi connectivity index (χ4n) is 6.05. The van der Waals surface area contributed by atoms with E-state index in [9.17, 15) is 0 Å². The first-order valence-corrected chi connectivity index (χ1v) is 26.2. The molecule has 1 aliphatic carbocycles. The molecule has 0 aliphatic heterocycles. The molecule has 0 spiro atoms. The molecule has 2 aromatic rings. The van der Waals surface area contributed by atoms with Gasteiger partial charge in [0.15, 0.2) is 9.04 Å². The molecule has 1 aliphatic rings. The summed E-state index contributed by atoms with van der Waals surface area (Å²) in [5.74, 6) is 0. The molecular formula is C27H44Br2O4Si4. The second-order valence-electron chi connectivity index (χ2n) is 11.7. The molecule has 10 heteroatoms. The summed E-state index contributed by atoms with van der Waals surface area (Å²) in [7, 11) is -8.09. The number of fused-ring (bicyclic) bond motifs is 3. The van der Waals surface area contributed by atoms with Crippen LogP contribution in [-0.2, 0) is 22.2 Å². The molecular weight excluding hydrogens is 660 g/mol. The van der Waals surface area contributed by atoms with E-state index in [1.807, 2.05) is 0 Å². The molecule has 0 heterocycles. The Morgan fingerprint density at radius 3 is 1.76 bits per heavy atom. The largest absolute Gasteiger partial charge is 0.440 e. The van der Waals surface area contributed by atoms with Crippen LogP contribution in [0.3, 0.4) is 0 Å². The minimum atomic E-state index is -2.38. The van der Waals surface area contributed by atoms with Gasteiger partial charge in [0.2, 0.25) is 0 Å². The second-order valence-corrected chi connectivity index (χ2v) is 26.9. The van der Waals surface area contributed by atoms with Crippen LogP contribution in [0.5, 0.6) is 0 Å². The lowest BCUT2D eigenvalue weighted by molar-refractivity contribution is 0.213. The summed E-state index contributed by atoms with van der Waals surface area (Å²) in [5.41, 5.74) is 5.59. The second kappa shape index (κ2) is 12.3. The van der Waals surface area contributed by atoms with E-state index < -0.39 is 34.7 Å². The van der Waals surface area contributed by atoms with E-state index in [0.717, 1.165) is 34.6 Å². The summed E-state index contributed by atoms with van der Waals surface area (Å²) in [5, 5.41) is 0. The van der Waals surface area contributed by atoms with Crippen LogP contribution >= 0.6 is 31.9 Å². The van der Waals surface area contributed by atoms with Gasteiger partial charge in [-0.05, 0) is 118 Å². The van der Waals surface area contributed by atoms with Gasteiger partial charge in [-0.2, -0.15) is 0 Å². The van der Waals surface area contributed by atoms with Crippen molar-refractivity contribution in [2.45, 2.75) is 90.4 Å². The highest BCUT2D eigenvalue weighted by Gasteiger charge is 2.44. The van der Waals surface area contributed by atoms with Crippen molar-refractivity contribution in [3.8, 4) is 11.1 Å². The van der Waals surface area contributed by atoms with Gasteiger partial charge < -0.3 is 16.8 Å². The third-order valence-electron chi connectivity index (χ3n) is 6.66. The first-order chi connectivity index (χ1) is 17.1. The molecule has 4 nitrogen and oxygen atoms in total. The smallest absolute Gasteiger partial charge is 0.322 e. The molecule has 0 radical (unpaired) electrons. The third-order valence-corrected chi connectivity index (χ3v) is 20.6. The Balaban J connectivity index is 1.72. The highest BCUT2D eigenvalue weighted by Crippen LogP contribution is 2.54. The van der Waals surface area contributed by atoms with Crippen LogP contribution in [-0.4, -0.2) is 41.3 Å². The third kappa shape index (κ3) is 8.08. The van der Waals surface area contributed by atoms with Crippen molar-refractivity contribution in [2.24, 2.45) is 0 Å². The number of rotatable bonds is 13. The molecule has 0 amide bonds. The first kappa shape index (κ1) is 31.6. The molecule has 0 N–H and O–H groups in total. The fourth-order valence-corrected chi connectivity index (χ4v) is 22.8. The van der Waals surface area contributed by atoms with Gasteiger partial charge in [-0.15, -0.1) is 0 Å². The van der Waals surface area contributed by atoms with E-state index in [-0.39, 0.29) is 5.41 Å². The predicted molar refractivity (Wildman–Crippen MR) is 173 cm³/mol. The van der Waals surface area contributed by atoms with E-state index in [4.69, 9.17) is 16.8 Å². The van der Waals surface area contributed by atoms with Gasteiger partial charge in [-0.3, -0.25) is 0 Å². The Hall–Kier alpha value is 0.108. The van der Waals surface area contributed by atoms with Gasteiger partial charge in [-0.1, -0.05) is 57.3 Å². The van der Waals surface area contributed by atoms with E-state index >= 15 is 0 Å². The number of benzene rings is 2. The van der Waals surface area contributed by atoms with Crippen molar-refractivity contribution in [1.82, 2.24) is 0 Å². The first-order valence-electron chi connectivity index (χ1n) is 13.4. The lowest BCUT2D eigenvalue weighted by atomic mass is 9.71. The standard InChI is InChI=1S/C27H44Br2O4Si4/c1-10-16-27(25-19-21(28)12-14-23(25)24-15-13-22(29)20-26(24)27)17-11-18-30-35(4,5)32-37(8,9)33-36(6,7)31-34(2)3/h12-15,19-20,34H,10-11,16-18H2,1-9H3. The Morgan fingerprint density at radius 1 is 0.757 bits per heavy atom. The quantitative estimate of drug-likeness (QED) is 0.154. The van der Waals surface area contributed by atoms with Crippen LogP contribution < -0.4 is 0 Å². The van der Waals surface area contributed by atoms with E-state index in [1.54, 1.807) is 0 Å². The monoisotopic (exact) mass is 702 g/mol. The maximum Gasteiger partial charge on any atom is 0.322 e. The predicted octanol–water partition coefficient (Wildman–Crippen LogP) is 9.21. The lowest BCUT2D eigenvalue weighted by Gasteiger charge is -2.38. The summed E-state index contributed by atoms with van der Waals surface area (Å²) < 4.78 is 28.2. The molecule has 3 rings (SSSR count). The van der Waals surface area contributed by atoms with Crippen molar-refractivity contribution < 1.29 is 16.8 Å². The van der Waals surface area contributed by atoms with Gasteiger partial charge in [-0.25, -0.2) is 0 Å². The molecule has 206 valence electrons.